The molecule has 0 aromatic heterocycles. The van der Waals surface area contributed by atoms with Gasteiger partial charge >= 0.3 is 0 Å². The van der Waals surface area contributed by atoms with Crippen molar-refractivity contribution in [3.8, 4) is 0 Å². The predicted molar refractivity (Wildman–Crippen MR) is 109 cm³/mol. The molecule has 2 aromatic rings. The third-order valence-corrected chi connectivity index (χ3v) is 6.06. The average molecular weight is 388 g/mol. The summed E-state index contributed by atoms with van der Waals surface area (Å²) in [5.41, 5.74) is 2.96. The minimum absolute atomic E-state index is 0.0328. The average Bonchev–Trinajstić information content (AvgIpc) is 2.93. The van der Waals surface area contributed by atoms with Crippen molar-refractivity contribution in [2.24, 2.45) is 0 Å². The fourth-order valence-electron chi connectivity index (χ4n) is 3.09. The van der Waals surface area contributed by atoms with Gasteiger partial charge in [-0.1, -0.05) is 19.8 Å². The first-order valence-electron chi connectivity index (χ1n) is 9.17. The lowest BCUT2D eigenvalue weighted by Crippen LogP contribution is -2.20. The van der Waals surface area contributed by atoms with Crippen LogP contribution < -0.4 is 14.9 Å². The summed E-state index contributed by atoms with van der Waals surface area (Å²) in [5, 5.41) is 3.32. The number of sulfonamides is 1. The van der Waals surface area contributed by atoms with E-state index < -0.39 is 10.0 Å². The minimum atomic E-state index is -3.71. The number of hydrogen-bond donors (Lipinski definition) is 2. The van der Waals surface area contributed by atoms with Crippen molar-refractivity contribution >= 4 is 33.0 Å². The maximum absolute atomic E-state index is 12.7. The zero-order chi connectivity index (χ0) is 19.4. The van der Waals surface area contributed by atoms with Crippen LogP contribution >= 0.6 is 0 Å². The van der Waals surface area contributed by atoms with Crippen LogP contribution in [-0.4, -0.2) is 27.9 Å². The topological polar surface area (TPSA) is 78.5 Å². The summed E-state index contributed by atoms with van der Waals surface area (Å²) >= 11 is 0. The highest BCUT2D eigenvalue weighted by atomic mass is 32.2. The van der Waals surface area contributed by atoms with Crippen molar-refractivity contribution in [3.63, 3.8) is 0 Å². The van der Waals surface area contributed by atoms with Crippen LogP contribution in [0.25, 0.3) is 0 Å². The molecule has 144 valence electrons. The monoisotopic (exact) mass is 387 g/mol. The normalized spacial score (nSPS) is 13.6. The Morgan fingerprint density at radius 3 is 2.44 bits per heavy atom. The number of hydrogen-bond acceptors (Lipinski definition) is 4. The molecule has 0 fully saturated rings. The Balaban J connectivity index is 1.68. The summed E-state index contributed by atoms with van der Waals surface area (Å²) in [4.78, 5) is 13.5. The van der Waals surface area contributed by atoms with Gasteiger partial charge in [-0.25, -0.2) is 8.42 Å². The number of rotatable bonds is 8. The number of nitrogens with zero attached hydrogens (tertiary/aromatic N) is 1. The van der Waals surface area contributed by atoms with Gasteiger partial charge < -0.3 is 10.2 Å². The molecular weight excluding hydrogens is 362 g/mol. The molecule has 0 spiro atoms. The Bertz CT molecular complexity index is 924. The van der Waals surface area contributed by atoms with Gasteiger partial charge in [0.1, 0.15) is 0 Å². The van der Waals surface area contributed by atoms with Gasteiger partial charge in [-0.05, 0) is 54.4 Å². The highest BCUT2D eigenvalue weighted by molar-refractivity contribution is 7.92. The second kappa shape index (κ2) is 8.00. The van der Waals surface area contributed by atoms with Crippen molar-refractivity contribution in [1.29, 1.82) is 0 Å². The van der Waals surface area contributed by atoms with Crippen LogP contribution in [0.5, 0.6) is 0 Å². The molecule has 0 bridgehead atoms. The number of carbonyl (C=O) groups excluding carboxylic acids is 1. The molecule has 0 atom stereocenters. The molecule has 1 amide bonds. The summed E-state index contributed by atoms with van der Waals surface area (Å²) in [6.45, 7) is 3.07. The standard InChI is InChI=1S/C20H25N3O3S/c1-3-4-5-12-21-16-6-8-17(9-7-16)22-27(25,26)18-10-11-19-15(13-18)14-20(24)23(19)2/h6-11,13,21-22H,3-5,12,14H2,1-2H3. The molecule has 0 radical (unpaired) electrons. The lowest BCUT2D eigenvalue weighted by Gasteiger charge is -2.12. The van der Waals surface area contributed by atoms with Crippen molar-refractivity contribution < 1.29 is 13.2 Å². The Morgan fingerprint density at radius 2 is 1.74 bits per heavy atom. The molecule has 0 unspecified atom stereocenters. The summed E-state index contributed by atoms with van der Waals surface area (Å²) in [7, 11) is -2.01. The molecule has 2 N–H and O–H groups in total. The van der Waals surface area contributed by atoms with Crippen LogP contribution in [0.3, 0.4) is 0 Å². The van der Waals surface area contributed by atoms with E-state index in [2.05, 4.69) is 17.0 Å². The van der Waals surface area contributed by atoms with Gasteiger partial charge in [0, 0.05) is 30.7 Å². The number of carbonyl (C=O) groups is 1. The Labute approximate surface area is 160 Å². The molecule has 0 aliphatic carbocycles. The van der Waals surface area contributed by atoms with Crippen molar-refractivity contribution in [2.75, 3.05) is 28.5 Å². The highest BCUT2D eigenvalue weighted by Crippen LogP contribution is 2.30. The fraction of sp³-hybridized carbons (Fsp3) is 0.350. The number of benzene rings is 2. The van der Waals surface area contributed by atoms with Crippen molar-refractivity contribution in [3.05, 3.63) is 48.0 Å². The van der Waals surface area contributed by atoms with E-state index in [0.717, 1.165) is 29.9 Å². The van der Waals surface area contributed by atoms with E-state index in [0.29, 0.717) is 5.69 Å². The van der Waals surface area contributed by atoms with Crippen molar-refractivity contribution in [1.82, 2.24) is 0 Å². The predicted octanol–water partition coefficient (Wildman–Crippen LogP) is 3.61. The van der Waals surface area contributed by atoms with Gasteiger partial charge in [-0.15, -0.1) is 0 Å². The lowest BCUT2D eigenvalue weighted by molar-refractivity contribution is -0.117. The number of anilines is 3. The van der Waals surface area contributed by atoms with Gasteiger partial charge in [0.2, 0.25) is 5.91 Å². The molecule has 7 heteroatoms. The molecule has 2 aromatic carbocycles. The molecule has 0 saturated carbocycles. The van der Waals surface area contributed by atoms with E-state index in [1.807, 2.05) is 12.1 Å². The summed E-state index contributed by atoms with van der Waals surface area (Å²) in [5.74, 6) is -0.0328. The maximum atomic E-state index is 12.7. The molecule has 1 aliphatic rings. The van der Waals surface area contributed by atoms with Gasteiger partial charge in [0.15, 0.2) is 0 Å². The van der Waals surface area contributed by atoms with E-state index in [9.17, 15) is 13.2 Å². The van der Waals surface area contributed by atoms with E-state index in [-0.39, 0.29) is 17.2 Å². The first kappa shape index (κ1) is 19.2. The van der Waals surface area contributed by atoms with Gasteiger partial charge in [-0.2, -0.15) is 0 Å². The van der Waals surface area contributed by atoms with Gasteiger partial charge in [-0.3, -0.25) is 9.52 Å². The minimum Gasteiger partial charge on any atom is -0.385 e. The van der Waals surface area contributed by atoms with Crippen LogP contribution in [-0.2, 0) is 21.2 Å². The summed E-state index contributed by atoms with van der Waals surface area (Å²) in [6, 6.07) is 12.0. The van der Waals surface area contributed by atoms with Gasteiger partial charge in [0.05, 0.1) is 11.3 Å². The molecular formula is C20H25N3O3S. The number of likely N-dealkylation sites (N-methyl/N-ethyl adjacent to an activating group) is 1. The van der Waals surface area contributed by atoms with E-state index in [4.69, 9.17) is 0 Å². The van der Waals surface area contributed by atoms with Crippen LogP contribution in [0.2, 0.25) is 0 Å². The first-order chi connectivity index (χ1) is 12.9. The molecule has 3 rings (SSSR count). The number of amides is 1. The second-order valence-corrected chi connectivity index (χ2v) is 8.42. The first-order valence-corrected chi connectivity index (χ1v) is 10.7. The summed E-state index contributed by atoms with van der Waals surface area (Å²) < 4.78 is 27.9. The number of unbranched alkanes of at least 4 members (excludes halogenated alkanes) is 2. The molecule has 1 heterocycles. The molecule has 1 aliphatic heterocycles. The third-order valence-electron chi connectivity index (χ3n) is 4.68. The largest absolute Gasteiger partial charge is 0.385 e. The quantitative estimate of drug-likeness (QED) is 0.678. The Kier molecular flexibility index (Phi) is 5.70. The lowest BCUT2D eigenvalue weighted by atomic mass is 10.2. The number of nitrogens with one attached hydrogen (secondary N) is 2. The SMILES string of the molecule is CCCCCNc1ccc(NS(=O)(=O)c2ccc3c(c2)CC(=O)N3C)cc1. The second-order valence-electron chi connectivity index (χ2n) is 6.74. The molecule has 27 heavy (non-hydrogen) atoms. The molecule has 0 saturated heterocycles. The Morgan fingerprint density at radius 1 is 1.04 bits per heavy atom. The Hall–Kier alpha value is -2.54. The smallest absolute Gasteiger partial charge is 0.261 e. The zero-order valence-corrected chi connectivity index (χ0v) is 16.5. The zero-order valence-electron chi connectivity index (χ0n) is 15.7. The highest BCUT2D eigenvalue weighted by Gasteiger charge is 2.26. The summed E-state index contributed by atoms with van der Waals surface area (Å²) in [6.07, 6.45) is 3.71. The van der Waals surface area contributed by atoms with E-state index in [1.165, 1.54) is 18.9 Å². The van der Waals surface area contributed by atoms with Crippen LogP contribution in [0.4, 0.5) is 17.1 Å². The fourth-order valence-corrected chi connectivity index (χ4v) is 4.20. The van der Waals surface area contributed by atoms with E-state index in [1.54, 1.807) is 36.2 Å². The van der Waals surface area contributed by atoms with Crippen LogP contribution in [0.1, 0.15) is 31.7 Å². The van der Waals surface area contributed by atoms with Crippen LogP contribution in [0, 0.1) is 0 Å². The van der Waals surface area contributed by atoms with E-state index >= 15 is 0 Å². The third kappa shape index (κ3) is 4.42. The van der Waals surface area contributed by atoms with Crippen LogP contribution in [0.15, 0.2) is 47.4 Å². The van der Waals surface area contributed by atoms with Gasteiger partial charge in [0.25, 0.3) is 10.0 Å². The maximum Gasteiger partial charge on any atom is 0.261 e. The number of fused-ring (bicyclic) bond motifs is 1. The van der Waals surface area contributed by atoms with Crippen molar-refractivity contribution in [2.45, 2.75) is 37.5 Å². The molecule has 6 nitrogen and oxygen atoms in total.